The summed E-state index contributed by atoms with van der Waals surface area (Å²) in [7, 11) is 0. The number of carbonyl (C=O) groups is 1. The Balaban J connectivity index is 1.79. The predicted octanol–water partition coefficient (Wildman–Crippen LogP) is 5.26. The second-order valence-electron chi connectivity index (χ2n) is 7.11. The summed E-state index contributed by atoms with van der Waals surface area (Å²) >= 11 is 1.08. The standard InChI is InChI=1S/C24H18F2N2O2S/c1-14-6-5-9-21(15(14)2)28-23(30)17-7-3-4-8-20(17)27-24(28)31-13-22(29)16-10-11-18(25)19(26)12-16/h3-12H,13H2,1-2H3. The molecule has 0 bridgehead atoms. The van der Waals surface area contributed by atoms with E-state index in [1.807, 2.05) is 32.0 Å². The zero-order chi connectivity index (χ0) is 22.1. The highest BCUT2D eigenvalue weighted by atomic mass is 32.2. The number of carbonyl (C=O) groups excluding carboxylic acids is 1. The predicted molar refractivity (Wildman–Crippen MR) is 118 cm³/mol. The fourth-order valence-corrected chi connectivity index (χ4v) is 4.18. The molecule has 31 heavy (non-hydrogen) atoms. The third-order valence-corrected chi connectivity index (χ3v) is 6.07. The number of hydrogen-bond acceptors (Lipinski definition) is 4. The SMILES string of the molecule is Cc1cccc(-n2c(SCC(=O)c3ccc(F)c(F)c3)nc3ccccc3c2=O)c1C. The maximum absolute atomic E-state index is 13.5. The molecule has 7 heteroatoms. The first-order valence-electron chi connectivity index (χ1n) is 9.56. The summed E-state index contributed by atoms with van der Waals surface area (Å²) in [6.07, 6.45) is 0. The number of benzene rings is 3. The molecule has 1 heterocycles. The molecular formula is C24H18F2N2O2S. The van der Waals surface area contributed by atoms with E-state index in [-0.39, 0.29) is 22.7 Å². The minimum atomic E-state index is -1.08. The first-order valence-corrected chi connectivity index (χ1v) is 10.5. The minimum Gasteiger partial charge on any atom is -0.293 e. The van der Waals surface area contributed by atoms with Gasteiger partial charge in [0.25, 0.3) is 5.56 Å². The molecule has 0 amide bonds. The molecule has 0 unspecified atom stereocenters. The Morgan fingerprint density at radius 3 is 2.55 bits per heavy atom. The Labute approximate surface area is 181 Å². The summed E-state index contributed by atoms with van der Waals surface area (Å²) in [5.74, 6) is -2.56. The van der Waals surface area contributed by atoms with Crippen LogP contribution in [0.3, 0.4) is 0 Å². The molecule has 4 rings (SSSR count). The second kappa shape index (κ2) is 8.43. The smallest absolute Gasteiger partial charge is 0.266 e. The maximum Gasteiger partial charge on any atom is 0.266 e. The fraction of sp³-hybridized carbons (Fsp3) is 0.125. The van der Waals surface area contributed by atoms with Crippen LogP contribution >= 0.6 is 11.8 Å². The lowest BCUT2D eigenvalue weighted by Gasteiger charge is -2.16. The van der Waals surface area contributed by atoms with Crippen LogP contribution in [0.4, 0.5) is 8.78 Å². The Bertz CT molecular complexity index is 1380. The monoisotopic (exact) mass is 436 g/mol. The number of fused-ring (bicyclic) bond motifs is 1. The van der Waals surface area contributed by atoms with E-state index in [0.29, 0.717) is 21.7 Å². The molecule has 4 nitrogen and oxygen atoms in total. The third-order valence-electron chi connectivity index (χ3n) is 5.14. The molecule has 156 valence electrons. The van der Waals surface area contributed by atoms with Crippen LogP contribution in [0.15, 0.2) is 70.6 Å². The van der Waals surface area contributed by atoms with E-state index in [0.717, 1.165) is 35.0 Å². The van der Waals surface area contributed by atoms with Gasteiger partial charge in [-0.15, -0.1) is 0 Å². The van der Waals surface area contributed by atoms with Crippen molar-refractivity contribution in [1.82, 2.24) is 9.55 Å². The highest BCUT2D eigenvalue weighted by Gasteiger charge is 2.17. The molecule has 0 spiro atoms. The number of hydrogen-bond donors (Lipinski definition) is 0. The molecule has 0 saturated heterocycles. The van der Waals surface area contributed by atoms with Crippen molar-refractivity contribution in [2.75, 3.05) is 5.75 Å². The van der Waals surface area contributed by atoms with Crippen LogP contribution in [0.1, 0.15) is 21.5 Å². The van der Waals surface area contributed by atoms with Crippen molar-refractivity contribution in [1.29, 1.82) is 0 Å². The summed E-state index contributed by atoms with van der Waals surface area (Å²) in [5.41, 5.74) is 2.99. The van der Waals surface area contributed by atoms with E-state index in [2.05, 4.69) is 4.98 Å². The van der Waals surface area contributed by atoms with Crippen molar-refractivity contribution >= 4 is 28.4 Å². The van der Waals surface area contributed by atoms with E-state index in [1.165, 1.54) is 10.6 Å². The Hall–Kier alpha value is -3.32. The van der Waals surface area contributed by atoms with Crippen LogP contribution in [0.25, 0.3) is 16.6 Å². The summed E-state index contributed by atoms with van der Waals surface area (Å²) in [4.78, 5) is 30.5. The largest absolute Gasteiger partial charge is 0.293 e. The van der Waals surface area contributed by atoms with Crippen molar-refractivity contribution in [2.45, 2.75) is 19.0 Å². The van der Waals surface area contributed by atoms with Gasteiger partial charge in [0.1, 0.15) is 0 Å². The van der Waals surface area contributed by atoms with Gasteiger partial charge in [0.05, 0.1) is 22.3 Å². The van der Waals surface area contributed by atoms with Gasteiger partial charge in [0.2, 0.25) is 0 Å². The quantitative estimate of drug-likeness (QED) is 0.243. The molecule has 0 fully saturated rings. The lowest BCUT2D eigenvalue weighted by Crippen LogP contribution is -2.23. The van der Waals surface area contributed by atoms with Gasteiger partial charge in [-0.3, -0.25) is 14.2 Å². The van der Waals surface area contributed by atoms with E-state index in [1.54, 1.807) is 24.3 Å². The Morgan fingerprint density at radius 2 is 1.77 bits per heavy atom. The van der Waals surface area contributed by atoms with Crippen LogP contribution in [0, 0.1) is 25.5 Å². The lowest BCUT2D eigenvalue weighted by atomic mass is 10.1. The van der Waals surface area contributed by atoms with E-state index in [4.69, 9.17) is 0 Å². The number of thioether (sulfide) groups is 1. The zero-order valence-corrected chi connectivity index (χ0v) is 17.7. The van der Waals surface area contributed by atoms with Crippen LogP contribution in [0.5, 0.6) is 0 Å². The van der Waals surface area contributed by atoms with Gasteiger partial charge in [-0.2, -0.15) is 0 Å². The lowest BCUT2D eigenvalue weighted by molar-refractivity contribution is 0.102. The van der Waals surface area contributed by atoms with Crippen molar-refractivity contribution in [3.8, 4) is 5.69 Å². The second-order valence-corrected chi connectivity index (χ2v) is 8.05. The van der Waals surface area contributed by atoms with Gasteiger partial charge in [0, 0.05) is 5.56 Å². The summed E-state index contributed by atoms with van der Waals surface area (Å²) in [6.45, 7) is 3.88. The number of halogens is 2. The Morgan fingerprint density at radius 1 is 1.00 bits per heavy atom. The van der Waals surface area contributed by atoms with Crippen LogP contribution in [-0.4, -0.2) is 21.1 Å². The third kappa shape index (κ3) is 4.01. The van der Waals surface area contributed by atoms with Crippen molar-refractivity contribution < 1.29 is 13.6 Å². The van der Waals surface area contributed by atoms with Crippen molar-refractivity contribution in [2.24, 2.45) is 0 Å². The molecule has 0 aliphatic rings. The number of aromatic nitrogens is 2. The van der Waals surface area contributed by atoms with Gasteiger partial charge in [-0.05, 0) is 61.4 Å². The summed E-state index contributed by atoms with van der Waals surface area (Å²) in [6, 6.07) is 15.7. The maximum atomic E-state index is 13.5. The molecule has 0 aliphatic carbocycles. The molecule has 1 aromatic heterocycles. The number of aryl methyl sites for hydroxylation is 1. The molecule has 0 atom stereocenters. The van der Waals surface area contributed by atoms with Gasteiger partial charge in [-0.1, -0.05) is 36.0 Å². The Kier molecular flexibility index (Phi) is 5.69. The van der Waals surface area contributed by atoms with Crippen LogP contribution in [-0.2, 0) is 0 Å². The highest BCUT2D eigenvalue weighted by Crippen LogP contribution is 2.25. The van der Waals surface area contributed by atoms with Gasteiger partial charge in [-0.25, -0.2) is 13.8 Å². The van der Waals surface area contributed by atoms with Gasteiger partial charge in [0.15, 0.2) is 22.6 Å². The average molecular weight is 436 g/mol. The molecule has 3 aromatic carbocycles. The number of nitrogens with zero attached hydrogens (tertiary/aromatic N) is 2. The van der Waals surface area contributed by atoms with E-state index in [9.17, 15) is 18.4 Å². The topological polar surface area (TPSA) is 52.0 Å². The van der Waals surface area contributed by atoms with Gasteiger partial charge >= 0.3 is 0 Å². The van der Waals surface area contributed by atoms with Gasteiger partial charge < -0.3 is 0 Å². The van der Waals surface area contributed by atoms with Crippen molar-refractivity contribution in [3.63, 3.8) is 0 Å². The molecule has 0 radical (unpaired) electrons. The first kappa shape index (κ1) is 20.9. The molecule has 0 N–H and O–H groups in total. The number of ketones is 1. The fourth-order valence-electron chi connectivity index (χ4n) is 3.28. The normalized spacial score (nSPS) is 11.1. The average Bonchev–Trinajstić information content (AvgIpc) is 2.76. The van der Waals surface area contributed by atoms with Crippen LogP contribution < -0.4 is 5.56 Å². The highest BCUT2D eigenvalue weighted by molar-refractivity contribution is 7.99. The number of para-hydroxylation sites is 1. The summed E-state index contributed by atoms with van der Waals surface area (Å²) < 4.78 is 28.2. The summed E-state index contributed by atoms with van der Waals surface area (Å²) in [5, 5.41) is 0.827. The first-order chi connectivity index (χ1) is 14.9. The molecule has 0 aliphatic heterocycles. The van der Waals surface area contributed by atoms with E-state index < -0.39 is 11.6 Å². The van der Waals surface area contributed by atoms with Crippen LogP contribution in [0.2, 0.25) is 0 Å². The number of Topliss-reactive ketones (excluding diaryl/α,β-unsaturated/α-hetero) is 1. The van der Waals surface area contributed by atoms with E-state index >= 15 is 0 Å². The molecule has 4 aromatic rings. The number of rotatable bonds is 5. The molecular weight excluding hydrogens is 418 g/mol. The zero-order valence-electron chi connectivity index (χ0n) is 16.9. The minimum absolute atomic E-state index is 0.0628. The van der Waals surface area contributed by atoms with Crippen molar-refractivity contribution in [3.05, 3.63) is 99.3 Å². The molecule has 0 saturated carbocycles.